The molecule has 1 aromatic carbocycles. The Balaban J connectivity index is 1.28. The second kappa shape index (κ2) is 11.2. The predicted molar refractivity (Wildman–Crippen MR) is 146 cm³/mol. The number of anilines is 2. The van der Waals surface area contributed by atoms with Crippen LogP contribution in [0, 0.1) is 6.92 Å². The highest BCUT2D eigenvalue weighted by atomic mass is 19.4. The Hall–Kier alpha value is -3.99. The molecule has 2 fully saturated rings. The summed E-state index contributed by atoms with van der Waals surface area (Å²) >= 11 is 0. The van der Waals surface area contributed by atoms with Gasteiger partial charge in [0.2, 0.25) is 0 Å². The lowest BCUT2D eigenvalue weighted by molar-refractivity contribution is -0.137. The fourth-order valence-corrected chi connectivity index (χ4v) is 5.25. The molecule has 0 unspecified atom stereocenters. The Morgan fingerprint density at radius 1 is 0.925 bits per heavy atom. The number of nitrogens with zero attached hydrogens (tertiary/aromatic N) is 5. The standard InChI is InChI=1S/C29H31F3N6O2/c1-19-3-4-20(27(39)35-24-13-23(15-34-16-24)29(30,31)32)12-26(19)21-5-6-38(18-21)25-11-22(14-33-17-25)28(40)37-9-7-36(2)8-10-37/h3-4,11-17,21H,5-10,18H2,1-2H3,(H,35,39)/t21-/m1/s1. The molecule has 2 aliphatic rings. The van der Waals surface area contributed by atoms with Gasteiger partial charge >= 0.3 is 6.18 Å². The van der Waals surface area contributed by atoms with Crippen LogP contribution in [0.5, 0.6) is 0 Å². The van der Waals surface area contributed by atoms with Crippen molar-refractivity contribution in [1.29, 1.82) is 0 Å². The summed E-state index contributed by atoms with van der Waals surface area (Å²) in [5, 5.41) is 2.53. The Morgan fingerprint density at radius 3 is 2.42 bits per heavy atom. The van der Waals surface area contributed by atoms with Gasteiger partial charge in [-0.25, -0.2) is 0 Å². The Bertz CT molecular complexity index is 1400. The van der Waals surface area contributed by atoms with Crippen LogP contribution in [0.25, 0.3) is 0 Å². The quantitative estimate of drug-likeness (QED) is 0.504. The molecule has 0 saturated carbocycles. The lowest BCUT2D eigenvalue weighted by Gasteiger charge is -2.32. The summed E-state index contributed by atoms with van der Waals surface area (Å²) in [4.78, 5) is 40.2. The van der Waals surface area contributed by atoms with Crippen LogP contribution in [0.15, 0.2) is 55.1 Å². The third-order valence-corrected chi connectivity index (χ3v) is 7.62. The molecule has 8 nitrogen and oxygen atoms in total. The van der Waals surface area contributed by atoms with Crippen molar-refractivity contribution in [3.8, 4) is 0 Å². The van der Waals surface area contributed by atoms with E-state index in [2.05, 4.69) is 25.1 Å². The smallest absolute Gasteiger partial charge is 0.370 e. The number of amides is 2. The second-order valence-electron chi connectivity index (χ2n) is 10.4. The molecule has 2 aromatic heterocycles. The molecule has 2 saturated heterocycles. The van der Waals surface area contributed by atoms with Gasteiger partial charge in [-0.1, -0.05) is 6.07 Å². The lowest BCUT2D eigenvalue weighted by atomic mass is 9.92. The van der Waals surface area contributed by atoms with Crippen molar-refractivity contribution in [2.24, 2.45) is 0 Å². The fourth-order valence-electron chi connectivity index (χ4n) is 5.25. The molecule has 40 heavy (non-hydrogen) atoms. The number of aromatic nitrogens is 2. The van der Waals surface area contributed by atoms with Crippen LogP contribution in [-0.4, -0.2) is 77.9 Å². The largest absolute Gasteiger partial charge is 0.417 e. The average molecular weight is 553 g/mol. The number of rotatable bonds is 5. The van der Waals surface area contributed by atoms with E-state index in [4.69, 9.17) is 0 Å². The number of carbonyl (C=O) groups excluding carboxylic acids is 2. The Labute approximate surface area is 230 Å². The molecule has 2 aliphatic heterocycles. The number of pyridine rings is 2. The first-order valence-electron chi connectivity index (χ1n) is 13.2. The molecule has 0 bridgehead atoms. The highest BCUT2D eigenvalue weighted by molar-refractivity contribution is 6.04. The first kappa shape index (κ1) is 27.6. The van der Waals surface area contributed by atoms with Crippen LogP contribution >= 0.6 is 0 Å². The predicted octanol–water partition coefficient (Wildman–Crippen LogP) is 4.44. The van der Waals surface area contributed by atoms with Gasteiger partial charge in [-0.3, -0.25) is 19.6 Å². The van der Waals surface area contributed by atoms with E-state index in [1.165, 1.54) is 6.20 Å². The zero-order valence-electron chi connectivity index (χ0n) is 22.4. The lowest BCUT2D eigenvalue weighted by Crippen LogP contribution is -2.47. The third kappa shape index (κ3) is 6.09. The van der Waals surface area contributed by atoms with E-state index in [1.807, 2.05) is 37.1 Å². The van der Waals surface area contributed by atoms with Crippen molar-refractivity contribution >= 4 is 23.2 Å². The van der Waals surface area contributed by atoms with Crippen LogP contribution in [0.4, 0.5) is 24.5 Å². The molecule has 1 N–H and O–H groups in total. The summed E-state index contributed by atoms with van der Waals surface area (Å²) in [6.07, 6.45) is 1.59. The molecular weight excluding hydrogens is 521 g/mol. The number of carbonyl (C=O) groups is 2. The SMILES string of the molecule is Cc1ccc(C(=O)Nc2cncc(C(F)(F)F)c2)cc1[C@@H]1CCN(c2cncc(C(=O)N3CCN(C)CC3)c2)C1. The maximum atomic E-state index is 13.1. The van der Waals surface area contributed by atoms with Gasteiger partial charge in [-0.2, -0.15) is 13.2 Å². The highest BCUT2D eigenvalue weighted by Gasteiger charge is 2.31. The van der Waals surface area contributed by atoms with Crippen molar-refractivity contribution in [3.05, 3.63) is 82.9 Å². The number of aryl methyl sites for hydroxylation is 1. The summed E-state index contributed by atoms with van der Waals surface area (Å²) in [5.74, 6) is -0.375. The highest BCUT2D eigenvalue weighted by Crippen LogP contribution is 2.34. The summed E-state index contributed by atoms with van der Waals surface area (Å²) < 4.78 is 39.1. The van der Waals surface area contributed by atoms with E-state index in [0.29, 0.717) is 30.8 Å². The topological polar surface area (TPSA) is 81.7 Å². The van der Waals surface area contributed by atoms with E-state index in [1.54, 1.807) is 18.5 Å². The second-order valence-corrected chi connectivity index (χ2v) is 10.4. The van der Waals surface area contributed by atoms with Crippen LogP contribution in [0.3, 0.4) is 0 Å². The van der Waals surface area contributed by atoms with Crippen LogP contribution < -0.4 is 10.2 Å². The minimum Gasteiger partial charge on any atom is -0.370 e. The van der Waals surface area contributed by atoms with E-state index >= 15 is 0 Å². The van der Waals surface area contributed by atoms with Crippen LogP contribution in [0.1, 0.15) is 49.7 Å². The molecule has 0 spiro atoms. The van der Waals surface area contributed by atoms with Crippen molar-refractivity contribution in [2.45, 2.75) is 25.4 Å². The fraction of sp³-hybridized carbons (Fsp3) is 0.379. The minimum atomic E-state index is -4.55. The maximum Gasteiger partial charge on any atom is 0.417 e. The summed E-state index contributed by atoms with van der Waals surface area (Å²) in [7, 11) is 2.05. The molecule has 1 atom stereocenters. The molecule has 0 radical (unpaired) electrons. The van der Waals surface area contributed by atoms with Gasteiger partial charge in [0, 0.05) is 63.1 Å². The molecule has 3 aromatic rings. The zero-order valence-corrected chi connectivity index (χ0v) is 22.4. The molecule has 5 rings (SSSR count). The van der Waals surface area contributed by atoms with Gasteiger partial charge in [0.25, 0.3) is 11.8 Å². The average Bonchev–Trinajstić information content (AvgIpc) is 3.43. The van der Waals surface area contributed by atoms with Gasteiger partial charge in [0.15, 0.2) is 0 Å². The number of likely N-dealkylation sites (N-methyl/N-ethyl adjacent to an activating group) is 1. The number of alkyl halides is 3. The molecule has 4 heterocycles. The first-order valence-corrected chi connectivity index (χ1v) is 13.2. The molecule has 0 aliphatic carbocycles. The zero-order chi connectivity index (χ0) is 28.4. The number of piperazine rings is 1. The van der Waals surface area contributed by atoms with E-state index in [9.17, 15) is 22.8 Å². The summed E-state index contributed by atoms with van der Waals surface area (Å²) in [5.41, 5.74) is 2.90. The number of hydrogen-bond donors (Lipinski definition) is 1. The normalized spacial score (nSPS) is 18.2. The van der Waals surface area contributed by atoms with Crippen LogP contribution in [-0.2, 0) is 6.18 Å². The summed E-state index contributed by atoms with van der Waals surface area (Å²) in [6, 6.07) is 8.10. The first-order chi connectivity index (χ1) is 19.1. The van der Waals surface area contributed by atoms with Crippen molar-refractivity contribution in [2.75, 3.05) is 56.5 Å². The summed E-state index contributed by atoms with van der Waals surface area (Å²) in [6.45, 7) is 6.52. The maximum absolute atomic E-state index is 13.1. The Morgan fingerprint density at radius 2 is 1.68 bits per heavy atom. The molecule has 11 heteroatoms. The third-order valence-electron chi connectivity index (χ3n) is 7.62. The minimum absolute atomic E-state index is 0.0104. The van der Waals surface area contributed by atoms with Gasteiger partial charge < -0.3 is 20.0 Å². The van der Waals surface area contributed by atoms with E-state index < -0.39 is 17.6 Å². The number of benzene rings is 1. The van der Waals surface area contributed by atoms with E-state index in [0.717, 1.165) is 55.1 Å². The van der Waals surface area contributed by atoms with Crippen molar-refractivity contribution in [3.63, 3.8) is 0 Å². The van der Waals surface area contributed by atoms with Gasteiger partial charge in [0.05, 0.1) is 34.9 Å². The molecule has 2 amide bonds. The van der Waals surface area contributed by atoms with Gasteiger partial charge in [-0.15, -0.1) is 0 Å². The van der Waals surface area contributed by atoms with E-state index in [-0.39, 0.29) is 17.5 Å². The number of nitrogens with one attached hydrogen (secondary N) is 1. The molecule has 210 valence electrons. The van der Waals surface area contributed by atoms with Gasteiger partial charge in [0.1, 0.15) is 0 Å². The Kier molecular flexibility index (Phi) is 7.75. The number of halogens is 3. The van der Waals surface area contributed by atoms with Gasteiger partial charge in [-0.05, 0) is 55.8 Å². The van der Waals surface area contributed by atoms with Crippen LogP contribution in [0.2, 0.25) is 0 Å². The van der Waals surface area contributed by atoms with Crippen molar-refractivity contribution in [1.82, 2.24) is 19.8 Å². The molecular formula is C29H31F3N6O2. The van der Waals surface area contributed by atoms with Crippen molar-refractivity contribution < 1.29 is 22.8 Å². The number of hydrogen-bond acceptors (Lipinski definition) is 6. The monoisotopic (exact) mass is 552 g/mol.